The lowest BCUT2D eigenvalue weighted by Crippen LogP contribution is -2.56. The van der Waals surface area contributed by atoms with E-state index >= 15 is 0 Å². The van der Waals surface area contributed by atoms with Gasteiger partial charge in [-0.3, -0.25) is 4.79 Å². The fourth-order valence-electron chi connectivity index (χ4n) is 2.99. The van der Waals surface area contributed by atoms with Crippen LogP contribution in [0.3, 0.4) is 0 Å². The number of hydrogen-bond acceptors (Lipinski definition) is 7. The third-order valence-corrected chi connectivity index (χ3v) is 3.94. The molecule has 7 nitrogen and oxygen atoms in total. The molecule has 20 heavy (non-hydrogen) atoms. The smallest absolute Gasteiger partial charge is 0.312 e. The van der Waals surface area contributed by atoms with Crippen LogP contribution in [0.5, 0.6) is 0 Å². The minimum atomic E-state index is -0.762. The second-order valence-corrected chi connectivity index (χ2v) is 5.72. The molecule has 112 valence electrons. The van der Waals surface area contributed by atoms with Crippen molar-refractivity contribution in [3.05, 3.63) is 0 Å². The first-order valence-corrected chi connectivity index (χ1v) is 6.84. The summed E-state index contributed by atoms with van der Waals surface area (Å²) in [5, 5.41) is 12.6. The van der Waals surface area contributed by atoms with Gasteiger partial charge in [-0.1, -0.05) is 5.16 Å². The normalized spacial score (nSPS) is 43.5. The number of oxime groups is 1. The van der Waals surface area contributed by atoms with Crippen LogP contribution >= 0.6 is 0 Å². The highest BCUT2D eigenvalue weighted by atomic mass is 16.7. The molecule has 0 radical (unpaired) electrons. The molecule has 7 heteroatoms. The van der Waals surface area contributed by atoms with E-state index in [1.807, 2.05) is 0 Å². The Balaban J connectivity index is 1.79. The summed E-state index contributed by atoms with van der Waals surface area (Å²) in [6.45, 7) is 6.00. The van der Waals surface area contributed by atoms with Crippen LogP contribution in [-0.2, 0) is 23.7 Å². The predicted octanol–water partition coefficient (Wildman–Crippen LogP) is 0.545. The van der Waals surface area contributed by atoms with Gasteiger partial charge in [0.25, 0.3) is 0 Å². The van der Waals surface area contributed by atoms with E-state index in [1.165, 1.54) is 0 Å². The summed E-state index contributed by atoms with van der Waals surface area (Å²) in [7, 11) is 0. The lowest BCUT2D eigenvalue weighted by molar-refractivity contribution is -0.300. The summed E-state index contributed by atoms with van der Waals surface area (Å²) < 4.78 is 22.2. The molecule has 1 N–H and O–H groups in total. The molecule has 3 aliphatic rings. The number of nitrogens with zero attached hydrogens (tertiary/aromatic N) is 1. The highest BCUT2D eigenvalue weighted by Gasteiger charge is 2.67. The monoisotopic (exact) mass is 285 g/mol. The molecule has 2 heterocycles. The topological polar surface area (TPSA) is 86.6 Å². The van der Waals surface area contributed by atoms with Crippen LogP contribution < -0.4 is 0 Å². The fourth-order valence-corrected chi connectivity index (χ4v) is 2.99. The van der Waals surface area contributed by atoms with E-state index in [0.717, 1.165) is 0 Å². The molecule has 4 unspecified atom stereocenters. The minimum absolute atomic E-state index is 0.255. The predicted molar refractivity (Wildman–Crippen MR) is 66.4 cm³/mol. The van der Waals surface area contributed by atoms with Gasteiger partial charge in [0.15, 0.2) is 5.79 Å². The van der Waals surface area contributed by atoms with E-state index in [9.17, 15) is 10.0 Å². The molecule has 0 aromatic carbocycles. The third kappa shape index (κ3) is 2.10. The molecule has 0 spiro atoms. The van der Waals surface area contributed by atoms with Crippen molar-refractivity contribution in [1.82, 2.24) is 0 Å². The quantitative estimate of drug-likeness (QED) is 0.453. The van der Waals surface area contributed by atoms with Crippen LogP contribution in [0.4, 0.5) is 0 Å². The van der Waals surface area contributed by atoms with Crippen molar-refractivity contribution < 1.29 is 28.9 Å². The van der Waals surface area contributed by atoms with Gasteiger partial charge in [-0.2, -0.15) is 0 Å². The van der Waals surface area contributed by atoms with Crippen molar-refractivity contribution in [2.75, 3.05) is 13.2 Å². The molecule has 0 amide bonds. The lowest BCUT2D eigenvalue weighted by atomic mass is 10.00. The van der Waals surface area contributed by atoms with E-state index in [1.54, 1.807) is 20.8 Å². The van der Waals surface area contributed by atoms with Crippen molar-refractivity contribution in [2.45, 2.75) is 44.9 Å². The minimum Gasteiger partial charge on any atom is -0.466 e. The summed E-state index contributed by atoms with van der Waals surface area (Å²) in [6.07, 6.45) is -1.13. The number of carbonyl (C=O) groups is 1. The second-order valence-electron chi connectivity index (χ2n) is 5.72. The first-order valence-electron chi connectivity index (χ1n) is 6.84. The van der Waals surface area contributed by atoms with Gasteiger partial charge in [0.05, 0.1) is 30.9 Å². The second kappa shape index (κ2) is 4.68. The number of carbonyl (C=O) groups excluding carboxylic acids is 1. The average molecular weight is 285 g/mol. The average Bonchev–Trinajstić information content (AvgIpc) is 3.09. The Morgan fingerprint density at radius 3 is 2.95 bits per heavy atom. The molecule has 0 bridgehead atoms. The number of rotatable bonds is 2. The van der Waals surface area contributed by atoms with Gasteiger partial charge >= 0.3 is 5.97 Å². The zero-order valence-corrected chi connectivity index (χ0v) is 11.7. The zero-order chi connectivity index (χ0) is 14.5. The van der Waals surface area contributed by atoms with Crippen LogP contribution in [-0.4, -0.2) is 54.2 Å². The molecule has 1 saturated carbocycles. The van der Waals surface area contributed by atoms with E-state index in [2.05, 4.69) is 5.16 Å². The number of hydrogen-bond donors (Lipinski definition) is 1. The van der Waals surface area contributed by atoms with Gasteiger partial charge in [0.1, 0.15) is 12.2 Å². The molecule has 2 saturated heterocycles. The van der Waals surface area contributed by atoms with Crippen molar-refractivity contribution in [1.29, 1.82) is 0 Å². The Morgan fingerprint density at radius 2 is 2.30 bits per heavy atom. The van der Waals surface area contributed by atoms with Crippen LogP contribution in [0.25, 0.3) is 0 Å². The highest BCUT2D eigenvalue weighted by molar-refractivity contribution is 6.00. The van der Waals surface area contributed by atoms with Crippen molar-refractivity contribution >= 4 is 11.7 Å². The Morgan fingerprint density at radius 1 is 1.55 bits per heavy atom. The largest absolute Gasteiger partial charge is 0.466 e. The SMILES string of the molecule is CCOC(=O)[C@@H]1C2OC3COC(C)(C)OC3/C(=N\O)C21. The van der Waals surface area contributed by atoms with E-state index in [0.29, 0.717) is 18.9 Å². The van der Waals surface area contributed by atoms with Gasteiger partial charge < -0.3 is 24.2 Å². The van der Waals surface area contributed by atoms with E-state index in [-0.39, 0.29) is 24.1 Å². The summed E-state index contributed by atoms with van der Waals surface area (Å²) in [5.74, 6) is -1.74. The summed E-state index contributed by atoms with van der Waals surface area (Å²) in [5.41, 5.74) is 0.459. The van der Waals surface area contributed by atoms with Gasteiger partial charge in [0.2, 0.25) is 0 Å². The Labute approximate surface area is 116 Å². The standard InChI is InChI=1S/C13H19NO6/c1-4-17-12(15)8-7-9(14-16)10-6(19-11(7)8)5-18-13(2,3)20-10/h6-8,10-11,16H,4-5H2,1-3H3/b14-9-/t6?,7?,8-,10?,11?/m0/s1. The molecule has 1 aliphatic carbocycles. The molecular weight excluding hydrogens is 266 g/mol. The zero-order valence-electron chi connectivity index (χ0n) is 11.7. The van der Waals surface area contributed by atoms with Crippen molar-refractivity contribution in [3.8, 4) is 0 Å². The third-order valence-electron chi connectivity index (χ3n) is 3.94. The Kier molecular flexibility index (Phi) is 3.23. The summed E-state index contributed by atoms with van der Waals surface area (Å²) in [6, 6.07) is 0. The maximum atomic E-state index is 11.9. The Bertz CT molecular complexity index is 448. The number of ether oxygens (including phenoxy) is 4. The molecule has 3 rings (SSSR count). The van der Waals surface area contributed by atoms with Crippen LogP contribution in [0, 0.1) is 11.8 Å². The van der Waals surface area contributed by atoms with Crippen molar-refractivity contribution in [2.24, 2.45) is 17.0 Å². The van der Waals surface area contributed by atoms with Crippen LogP contribution in [0.2, 0.25) is 0 Å². The van der Waals surface area contributed by atoms with Gasteiger partial charge in [0, 0.05) is 5.92 Å². The molecule has 0 aromatic heterocycles. The maximum absolute atomic E-state index is 11.9. The molecule has 5 atom stereocenters. The fraction of sp³-hybridized carbons (Fsp3) is 0.846. The van der Waals surface area contributed by atoms with Gasteiger partial charge in [-0.25, -0.2) is 0 Å². The Hall–Kier alpha value is -1.18. The molecule has 3 fully saturated rings. The van der Waals surface area contributed by atoms with E-state index < -0.39 is 17.8 Å². The van der Waals surface area contributed by atoms with Crippen LogP contribution in [0.1, 0.15) is 20.8 Å². The van der Waals surface area contributed by atoms with E-state index in [4.69, 9.17) is 18.9 Å². The number of esters is 1. The van der Waals surface area contributed by atoms with Gasteiger partial charge in [-0.05, 0) is 20.8 Å². The summed E-state index contributed by atoms with van der Waals surface area (Å²) in [4.78, 5) is 11.9. The lowest BCUT2D eigenvalue weighted by Gasteiger charge is -2.42. The highest BCUT2D eigenvalue weighted by Crippen LogP contribution is 2.50. The van der Waals surface area contributed by atoms with Crippen molar-refractivity contribution in [3.63, 3.8) is 0 Å². The van der Waals surface area contributed by atoms with Gasteiger partial charge in [-0.15, -0.1) is 0 Å². The molecular formula is C13H19NO6. The molecule has 2 aliphatic heterocycles. The molecule has 0 aromatic rings. The summed E-state index contributed by atoms with van der Waals surface area (Å²) >= 11 is 0. The first kappa shape index (κ1) is 13.8. The number of fused-ring (bicyclic) bond motifs is 2. The van der Waals surface area contributed by atoms with Crippen LogP contribution in [0.15, 0.2) is 5.16 Å². The first-order chi connectivity index (χ1) is 9.48. The maximum Gasteiger partial charge on any atom is 0.312 e.